The van der Waals surface area contributed by atoms with E-state index < -0.39 is 0 Å². The molecule has 28 heavy (non-hydrogen) atoms. The van der Waals surface area contributed by atoms with E-state index in [-0.39, 0.29) is 5.38 Å². The Labute approximate surface area is 179 Å². The molecule has 2 aromatic rings. The zero-order valence-corrected chi connectivity index (χ0v) is 19.2. The molecule has 0 bridgehead atoms. The molecule has 1 aliphatic rings. The molecule has 1 aromatic heterocycles. The molecule has 1 fully saturated rings. The first-order valence-corrected chi connectivity index (χ1v) is 11.6. The van der Waals surface area contributed by atoms with E-state index in [1.807, 2.05) is 11.3 Å². The van der Waals surface area contributed by atoms with Crippen molar-refractivity contribution in [2.75, 3.05) is 13.7 Å². The van der Waals surface area contributed by atoms with Gasteiger partial charge in [0, 0.05) is 28.2 Å². The Morgan fingerprint density at radius 2 is 1.86 bits per heavy atom. The predicted molar refractivity (Wildman–Crippen MR) is 120 cm³/mol. The molecule has 1 heterocycles. The summed E-state index contributed by atoms with van der Waals surface area (Å²) in [4.78, 5) is 2.91. The van der Waals surface area contributed by atoms with Gasteiger partial charge in [0.1, 0.15) is 5.75 Å². The molecule has 154 valence electrons. The van der Waals surface area contributed by atoms with Gasteiger partial charge in [0.05, 0.1) is 13.2 Å². The maximum Gasteiger partial charge on any atom is 0.119 e. The smallest absolute Gasteiger partial charge is 0.119 e. The van der Waals surface area contributed by atoms with Crippen LogP contribution in [0.2, 0.25) is 0 Å². The number of benzene rings is 1. The second kappa shape index (κ2) is 10.1. The number of alkyl halides is 1. The summed E-state index contributed by atoms with van der Waals surface area (Å²) >= 11 is 8.60. The van der Waals surface area contributed by atoms with E-state index in [1.165, 1.54) is 52.1 Å². The molecule has 0 amide bonds. The summed E-state index contributed by atoms with van der Waals surface area (Å²) in [5, 5.41) is 0.240. The lowest BCUT2D eigenvalue weighted by Crippen LogP contribution is -2.23. The van der Waals surface area contributed by atoms with Crippen LogP contribution in [0.15, 0.2) is 24.3 Å². The van der Waals surface area contributed by atoms with Crippen molar-refractivity contribution in [2.45, 2.75) is 64.9 Å². The van der Waals surface area contributed by atoms with E-state index in [1.54, 1.807) is 7.11 Å². The maximum absolute atomic E-state index is 6.67. The van der Waals surface area contributed by atoms with Gasteiger partial charge in [0.25, 0.3) is 0 Å². The Morgan fingerprint density at radius 1 is 1.11 bits per heavy atom. The minimum atomic E-state index is 0.240. The van der Waals surface area contributed by atoms with E-state index >= 15 is 0 Å². The summed E-state index contributed by atoms with van der Waals surface area (Å²) in [6.07, 6.45) is 6.03. The van der Waals surface area contributed by atoms with E-state index in [4.69, 9.17) is 21.1 Å². The average molecular weight is 421 g/mol. The van der Waals surface area contributed by atoms with Crippen LogP contribution in [0.5, 0.6) is 5.75 Å². The van der Waals surface area contributed by atoms with Crippen LogP contribution in [0.1, 0.15) is 52.1 Å². The molecule has 3 atom stereocenters. The van der Waals surface area contributed by atoms with Gasteiger partial charge in [-0.1, -0.05) is 0 Å². The fourth-order valence-corrected chi connectivity index (χ4v) is 5.79. The molecule has 4 heteroatoms. The van der Waals surface area contributed by atoms with Crippen LogP contribution in [0, 0.1) is 32.6 Å². The highest BCUT2D eigenvalue weighted by molar-refractivity contribution is 7.11. The van der Waals surface area contributed by atoms with Crippen molar-refractivity contribution < 1.29 is 9.47 Å². The molecule has 0 spiro atoms. The fraction of sp³-hybridized carbons (Fsp3) is 0.583. The van der Waals surface area contributed by atoms with Crippen molar-refractivity contribution in [3.05, 3.63) is 50.7 Å². The van der Waals surface area contributed by atoms with Gasteiger partial charge in [-0.3, -0.25) is 0 Å². The molecule has 0 radical (unpaired) electrons. The first kappa shape index (κ1) is 21.7. The molecule has 0 saturated heterocycles. The minimum Gasteiger partial charge on any atom is -0.493 e. The van der Waals surface area contributed by atoms with E-state index in [0.717, 1.165) is 18.8 Å². The molecule has 1 unspecified atom stereocenters. The highest BCUT2D eigenvalue weighted by Gasteiger charge is 2.35. The normalized spacial score (nSPS) is 22.0. The van der Waals surface area contributed by atoms with Gasteiger partial charge < -0.3 is 9.47 Å². The van der Waals surface area contributed by atoms with Crippen molar-refractivity contribution in [1.29, 1.82) is 0 Å². The quantitative estimate of drug-likeness (QED) is 0.412. The highest BCUT2D eigenvalue weighted by atomic mass is 35.5. The number of thiophene rings is 1. The SMILES string of the molecule is COCc1c(C)cc(OC[C@H]2C(Cl)CC[C@@H]2CCCc2ccc(C)s2)cc1C. The molecular weight excluding hydrogens is 388 g/mol. The molecule has 3 rings (SSSR count). The Balaban J connectivity index is 1.54. The average Bonchev–Trinajstić information content (AvgIpc) is 3.22. The summed E-state index contributed by atoms with van der Waals surface area (Å²) in [5.74, 6) is 2.09. The van der Waals surface area contributed by atoms with Gasteiger partial charge in [-0.25, -0.2) is 0 Å². The third kappa shape index (κ3) is 5.52. The van der Waals surface area contributed by atoms with Gasteiger partial charge in [0.15, 0.2) is 0 Å². The van der Waals surface area contributed by atoms with Crippen molar-refractivity contribution in [1.82, 2.24) is 0 Å². The maximum atomic E-state index is 6.67. The van der Waals surface area contributed by atoms with Crippen LogP contribution >= 0.6 is 22.9 Å². The molecular formula is C24H33ClO2S. The fourth-order valence-electron chi connectivity index (χ4n) is 4.46. The standard InChI is InChI=1S/C24H33ClO2S/c1-16-12-20(13-17(2)22(16)14-26-4)27-15-23-19(9-11-24(23)25)6-5-7-21-10-8-18(3)28-21/h8,10,12-13,19,23-24H,5-7,9,11,14-15H2,1-4H3/t19-,23+,24?/m0/s1. The third-order valence-corrected chi connectivity index (χ3v) is 7.68. The molecule has 2 nitrogen and oxygen atoms in total. The van der Waals surface area contributed by atoms with Crippen molar-refractivity contribution in [3.8, 4) is 5.75 Å². The Morgan fingerprint density at radius 3 is 2.50 bits per heavy atom. The zero-order valence-electron chi connectivity index (χ0n) is 17.6. The Bertz CT molecular complexity index is 747. The first-order chi connectivity index (χ1) is 13.5. The molecule has 1 saturated carbocycles. The highest BCUT2D eigenvalue weighted by Crippen LogP contribution is 2.39. The number of hydrogen-bond donors (Lipinski definition) is 0. The zero-order chi connectivity index (χ0) is 20.1. The summed E-state index contributed by atoms with van der Waals surface area (Å²) in [7, 11) is 1.74. The molecule has 0 aliphatic heterocycles. The van der Waals surface area contributed by atoms with Gasteiger partial charge in [-0.05, 0) is 99.7 Å². The Kier molecular flexibility index (Phi) is 7.85. The number of methoxy groups -OCH3 is 1. The molecule has 0 N–H and O–H groups in total. The first-order valence-electron chi connectivity index (χ1n) is 10.4. The summed E-state index contributed by atoms with van der Waals surface area (Å²) in [6.45, 7) is 7.81. The summed E-state index contributed by atoms with van der Waals surface area (Å²) < 4.78 is 11.5. The number of aryl methyl sites for hydroxylation is 4. The van der Waals surface area contributed by atoms with Crippen molar-refractivity contribution in [3.63, 3.8) is 0 Å². The monoisotopic (exact) mass is 420 g/mol. The van der Waals surface area contributed by atoms with Crippen LogP contribution in [-0.2, 0) is 17.8 Å². The largest absolute Gasteiger partial charge is 0.493 e. The van der Waals surface area contributed by atoms with Crippen LogP contribution in [0.3, 0.4) is 0 Å². The van der Waals surface area contributed by atoms with Crippen LogP contribution in [0.4, 0.5) is 0 Å². The number of halogens is 1. The summed E-state index contributed by atoms with van der Waals surface area (Å²) in [6, 6.07) is 8.77. The topological polar surface area (TPSA) is 18.5 Å². The Hall–Kier alpha value is -1.03. The lowest BCUT2D eigenvalue weighted by atomic mass is 9.91. The summed E-state index contributed by atoms with van der Waals surface area (Å²) in [5.41, 5.74) is 3.72. The number of hydrogen-bond acceptors (Lipinski definition) is 3. The number of rotatable bonds is 9. The van der Waals surface area contributed by atoms with Gasteiger partial charge >= 0.3 is 0 Å². The van der Waals surface area contributed by atoms with Gasteiger partial charge in [-0.15, -0.1) is 22.9 Å². The van der Waals surface area contributed by atoms with E-state index in [0.29, 0.717) is 18.4 Å². The van der Waals surface area contributed by atoms with Gasteiger partial charge in [0.2, 0.25) is 0 Å². The van der Waals surface area contributed by atoms with Crippen LogP contribution < -0.4 is 4.74 Å². The van der Waals surface area contributed by atoms with E-state index in [2.05, 4.69) is 45.0 Å². The predicted octanol–water partition coefficient (Wildman–Crippen LogP) is 6.86. The van der Waals surface area contributed by atoms with Crippen molar-refractivity contribution in [2.24, 2.45) is 11.8 Å². The number of ether oxygens (including phenoxy) is 2. The lowest BCUT2D eigenvalue weighted by molar-refractivity contribution is 0.183. The second-order valence-electron chi connectivity index (χ2n) is 8.20. The van der Waals surface area contributed by atoms with Crippen molar-refractivity contribution >= 4 is 22.9 Å². The van der Waals surface area contributed by atoms with Crippen LogP contribution in [0.25, 0.3) is 0 Å². The second-order valence-corrected chi connectivity index (χ2v) is 10.1. The molecule has 1 aromatic carbocycles. The third-order valence-electron chi connectivity index (χ3n) is 6.08. The minimum absolute atomic E-state index is 0.240. The lowest BCUT2D eigenvalue weighted by Gasteiger charge is -2.23. The molecule has 1 aliphatic carbocycles. The van der Waals surface area contributed by atoms with Crippen LogP contribution in [-0.4, -0.2) is 19.1 Å². The van der Waals surface area contributed by atoms with Gasteiger partial charge in [-0.2, -0.15) is 0 Å². The van der Waals surface area contributed by atoms with E-state index in [9.17, 15) is 0 Å².